The first-order valence-corrected chi connectivity index (χ1v) is 5.76. The van der Waals surface area contributed by atoms with Gasteiger partial charge in [0.25, 0.3) is 0 Å². The second kappa shape index (κ2) is 4.80. The summed E-state index contributed by atoms with van der Waals surface area (Å²) in [6, 6.07) is 4.84. The van der Waals surface area contributed by atoms with Crippen LogP contribution in [-0.4, -0.2) is 9.97 Å². The fourth-order valence-electron chi connectivity index (χ4n) is 1.83. The van der Waals surface area contributed by atoms with Gasteiger partial charge in [-0.3, -0.25) is 0 Å². The van der Waals surface area contributed by atoms with E-state index in [-0.39, 0.29) is 5.82 Å². The number of rotatable bonds is 2. The van der Waals surface area contributed by atoms with Crippen LogP contribution in [0.1, 0.15) is 18.1 Å². The second-order valence-electron chi connectivity index (χ2n) is 3.86. The van der Waals surface area contributed by atoms with Crippen molar-refractivity contribution in [2.24, 2.45) is 0 Å². The predicted molar refractivity (Wildman–Crippen MR) is 66.6 cm³/mol. The SMILES string of the molecule is CCc1c(Cl)ncnc1-c1cc(C)cc(F)c1. The van der Waals surface area contributed by atoms with Crippen LogP contribution in [0.15, 0.2) is 24.5 Å². The van der Waals surface area contributed by atoms with Crippen LogP contribution in [-0.2, 0) is 6.42 Å². The lowest BCUT2D eigenvalue weighted by atomic mass is 10.0. The maximum atomic E-state index is 13.4. The summed E-state index contributed by atoms with van der Waals surface area (Å²) in [6.07, 6.45) is 2.11. The van der Waals surface area contributed by atoms with E-state index in [9.17, 15) is 4.39 Å². The van der Waals surface area contributed by atoms with Crippen LogP contribution in [0.2, 0.25) is 5.15 Å². The van der Waals surface area contributed by atoms with Gasteiger partial charge in [-0.05, 0) is 37.1 Å². The lowest BCUT2D eigenvalue weighted by Gasteiger charge is -2.08. The average Bonchev–Trinajstić information content (AvgIpc) is 2.27. The van der Waals surface area contributed by atoms with Crippen molar-refractivity contribution in [3.8, 4) is 11.3 Å². The zero-order valence-corrected chi connectivity index (χ0v) is 10.4. The number of hydrogen-bond acceptors (Lipinski definition) is 2. The summed E-state index contributed by atoms with van der Waals surface area (Å²) in [5.41, 5.74) is 3.15. The van der Waals surface area contributed by atoms with Crippen molar-refractivity contribution in [1.82, 2.24) is 9.97 Å². The Kier molecular flexibility index (Phi) is 3.38. The molecule has 0 amide bonds. The predicted octanol–water partition coefficient (Wildman–Crippen LogP) is 3.81. The van der Waals surface area contributed by atoms with Crippen LogP contribution < -0.4 is 0 Å². The molecule has 88 valence electrons. The van der Waals surface area contributed by atoms with E-state index in [2.05, 4.69) is 9.97 Å². The topological polar surface area (TPSA) is 25.8 Å². The van der Waals surface area contributed by atoms with E-state index in [0.717, 1.165) is 16.7 Å². The van der Waals surface area contributed by atoms with E-state index in [4.69, 9.17) is 11.6 Å². The zero-order chi connectivity index (χ0) is 12.4. The Balaban J connectivity index is 2.63. The van der Waals surface area contributed by atoms with Gasteiger partial charge in [-0.1, -0.05) is 18.5 Å². The zero-order valence-electron chi connectivity index (χ0n) is 9.67. The summed E-state index contributed by atoms with van der Waals surface area (Å²) in [6.45, 7) is 3.82. The van der Waals surface area contributed by atoms with E-state index < -0.39 is 0 Å². The minimum Gasteiger partial charge on any atom is -0.236 e. The number of benzene rings is 1. The Morgan fingerprint density at radius 3 is 2.65 bits per heavy atom. The van der Waals surface area contributed by atoms with E-state index in [1.807, 2.05) is 19.9 Å². The van der Waals surface area contributed by atoms with Crippen LogP contribution in [0.3, 0.4) is 0 Å². The molecule has 0 spiro atoms. The number of aromatic nitrogens is 2. The molecule has 0 unspecified atom stereocenters. The summed E-state index contributed by atoms with van der Waals surface area (Å²) < 4.78 is 13.4. The monoisotopic (exact) mass is 250 g/mol. The number of nitrogens with zero attached hydrogens (tertiary/aromatic N) is 2. The Bertz CT molecular complexity index is 535. The molecule has 0 fully saturated rings. The van der Waals surface area contributed by atoms with Crippen LogP contribution >= 0.6 is 11.6 Å². The summed E-state index contributed by atoms with van der Waals surface area (Å²) in [4.78, 5) is 8.14. The van der Waals surface area contributed by atoms with Crippen molar-refractivity contribution in [3.05, 3.63) is 46.6 Å². The molecular formula is C13H12ClFN2. The highest BCUT2D eigenvalue weighted by atomic mass is 35.5. The molecule has 1 aromatic heterocycles. The third-order valence-electron chi connectivity index (χ3n) is 2.56. The Morgan fingerprint density at radius 2 is 2.00 bits per heavy atom. The van der Waals surface area contributed by atoms with Crippen LogP contribution in [0.4, 0.5) is 4.39 Å². The highest BCUT2D eigenvalue weighted by Crippen LogP contribution is 2.27. The maximum absolute atomic E-state index is 13.4. The van der Waals surface area contributed by atoms with E-state index in [0.29, 0.717) is 17.3 Å². The first kappa shape index (κ1) is 12.0. The lowest BCUT2D eigenvalue weighted by Crippen LogP contribution is -1.96. The summed E-state index contributed by atoms with van der Waals surface area (Å²) in [7, 11) is 0. The largest absolute Gasteiger partial charge is 0.236 e. The highest BCUT2D eigenvalue weighted by Gasteiger charge is 2.11. The maximum Gasteiger partial charge on any atom is 0.136 e. The molecular weight excluding hydrogens is 239 g/mol. The summed E-state index contributed by atoms with van der Waals surface area (Å²) in [5.74, 6) is -0.267. The van der Waals surface area contributed by atoms with Gasteiger partial charge in [0.15, 0.2) is 0 Å². The molecule has 1 heterocycles. The molecule has 0 saturated carbocycles. The molecule has 0 radical (unpaired) electrons. The van der Waals surface area contributed by atoms with Gasteiger partial charge in [0.1, 0.15) is 17.3 Å². The Labute approximate surface area is 104 Å². The first-order chi connectivity index (χ1) is 8.11. The number of hydrogen-bond donors (Lipinski definition) is 0. The van der Waals surface area contributed by atoms with Gasteiger partial charge in [-0.2, -0.15) is 0 Å². The van der Waals surface area contributed by atoms with Crippen molar-refractivity contribution in [1.29, 1.82) is 0 Å². The average molecular weight is 251 g/mol. The van der Waals surface area contributed by atoms with E-state index in [1.165, 1.54) is 18.5 Å². The first-order valence-electron chi connectivity index (χ1n) is 5.38. The molecule has 0 aliphatic heterocycles. The van der Waals surface area contributed by atoms with Gasteiger partial charge in [-0.25, -0.2) is 14.4 Å². The van der Waals surface area contributed by atoms with E-state index >= 15 is 0 Å². The van der Waals surface area contributed by atoms with Crippen LogP contribution in [0.25, 0.3) is 11.3 Å². The quantitative estimate of drug-likeness (QED) is 0.758. The molecule has 0 bridgehead atoms. The highest BCUT2D eigenvalue weighted by molar-refractivity contribution is 6.30. The minimum atomic E-state index is -0.267. The number of aryl methyl sites for hydroxylation is 1. The Hall–Kier alpha value is -1.48. The smallest absolute Gasteiger partial charge is 0.136 e. The van der Waals surface area contributed by atoms with Crippen molar-refractivity contribution in [3.63, 3.8) is 0 Å². The molecule has 2 rings (SSSR count). The molecule has 4 heteroatoms. The molecule has 0 aliphatic rings. The molecule has 17 heavy (non-hydrogen) atoms. The van der Waals surface area contributed by atoms with Gasteiger partial charge < -0.3 is 0 Å². The molecule has 1 aromatic carbocycles. The Morgan fingerprint density at radius 1 is 1.24 bits per heavy atom. The van der Waals surface area contributed by atoms with Gasteiger partial charge in [0.2, 0.25) is 0 Å². The third kappa shape index (κ3) is 2.44. The number of halogens is 2. The lowest BCUT2D eigenvalue weighted by molar-refractivity contribution is 0.627. The van der Waals surface area contributed by atoms with Gasteiger partial charge in [0, 0.05) is 11.1 Å². The fraction of sp³-hybridized carbons (Fsp3) is 0.231. The molecule has 0 N–H and O–H groups in total. The van der Waals surface area contributed by atoms with Crippen LogP contribution in [0.5, 0.6) is 0 Å². The summed E-state index contributed by atoms with van der Waals surface area (Å²) in [5, 5.41) is 0.430. The van der Waals surface area contributed by atoms with Crippen molar-refractivity contribution in [2.45, 2.75) is 20.3 Å². The van der Waals surface area contributed by atoms with Crippen molar-refractivity contribution in [2.75, 3.05) is 0 Å². The van der Waals surface area contributed by atoms with Crippen molar-refractivity contribution >= 4 is 11.6 Å². The van der Waals surface area contributed by atoms with Gasteiger partial charge in [-0.15, -0.1) is 0 Å². The normalized spacial score (nSPS) is 10.6. The fourth-order valence-corrected chi connectivity index (χ4v) is 2.09. The van der Waals surface area contributed by atoms with Gasteiger partial charge in [0.05, 0.1) is 5.69 Å². The molecule has 0 atom stereocenters. The van der Waals surface area contributed by atoms with Crippen molar-refractivity contribution < 1.29 is 4.39 Å². The third-order valence-corrected chi connectivity index (χ3v) is 2.89. The minimum absolute atomic E-state index is 0.267. The molecule has 2 nitrogen and oxygen atoms in total. The second-order valence-corrected chi connectivity index (χ2v) is 4.22. The van der Waals surface area contributed by atoms with Gasteiger partial charge >= 0.3 is 0 Å². The standard InChI is InChI=1S/C13H12ClFN2/c1-3-11-12(16-7-17-13(11)14)9-4-8(2)5-10(15)6-9/h4-7H,3H2,1-2H3. The van der Waals surface area contributed by atoms with Crippen LogP contribution in [0, 0.1) is 12.7 Å². The molecule has 2 aromatic rings. The summed E-state index contributed by atoms with van der Waals surface area (Å²) >= 11 is 6.01. The molecule has 0 saturated heterocycles. The van der Waals surface area contributed by atoms with E-state index in [1.54, 1.807) is 0 Å². The molecule has 0 aliphatic carbocycles.